The summed E-state index contributed by atoms with van der Waals surface area (Å²) in [6.07, 6.45) is 0. The normalized spacial score (nSPS) is 11.5. The zero-order chi connectivity index (χ0) is 8.85. The van der Waals surface area contributed by atoms with E-state index in [0.717, 1.165) is 11.3 Å². The van der Waals surface area contributed by atoms with E-state index >= 15 is 0 Å². The lowest BCUT2D eigenvalue weighted by molar-refractivity contribution is 0.226. The van der Waals surface area contributed by atoms with Crippen LogP contribution in [-0.2, 0) is 0 Å². The molecular formula is C8H16N2O. The van der Waals surface area contributed by atoms with Crippen LogP contribution in [0.3, 0.4) is 0 Å². The summed E-state index contributed by atoms with van der Waals surface area (Å²) in [6.45, 7) is 8.24. The van der Waals surface area contributed by atoms with Crippen molar-refractivity contribution in [2.75, 3.05) is 20.2 Å². The summed E-state index contributed by atoms with van der Waals surface area (Å²) < 4.78 is 0. The van der Waals surface area contributed by atoms with Crippen LogP contribution in [0.25, 0.3) is 0 Å². The Morgan fingerprint density at radius 3 is 2.45 bits per heavy atom. The number of allylic oxidation sites excluding steroid dienone is 1. The second-order valence-electron chi connectivity index (χ2n) is 2.57. The molecule has 3 nitrogen and oxygen atoms in total. The molecule has 64 valence electrons. The van der Waals surface area contributed by atoms with Gasteiger partial charge in [0, 0.05) is 7.05 Å². The predicted octanol–water partition coefficient (Wildman–Crippen LogP) is 0.863. The number of hydrazone groups is 1. The highest BCUT2D eigenvalue weighted by atomic mass is 16.3. The highest BCUT2D eigenvalue weighted by Gasteiger charge is 1.94. The molecule has 11 heavy (non-hydrogen) atoms. The summed E-state index contributed by atoms with van der Waals surface area (Å²) in [5.41, 5.74) is 1.86. The Labute approximate surface area is 68.0 Å². The topological polar surface area (TPSA) is 35.8 Å². The van der Waals surface area contributed by atoms with Crippen LogP contribution in [0.1, 0.15) is 13.8 Å². The molecule has 1 N–H and O–H groups in total. The minimum atomic E-state index is 0.128. The van der Waals surface area contributed by atoms with Crippen molar-refractivity contribution < 1.29 is 5.11 Å². The number of nitrogens with zero attached hydrogens (tertiary/aromatic N) is 2. The predicted molar refractivity (Wildman–Crippen MR) is 47.6 cm³/mol. The van der Waals surface area contributed by atoms with Gasteiger partial charge in [-0.1, -0.05) is 6.58 Å². The third-order valence-corrected chi connectivity index (χ3v) is 1.36. The first kappa shape index (κ1) is 10.2. The fourth-order valence-corrected chi connectivity index (χ4v) is 0.536. The van der Waals surface area contributed by atoms with Crippen LogP contribution in [0.2, 0.25) is 0 Å². The van der Waals surface area contributed by atoms with Crippen molar-refractivity contribution in [2.24, 2.45) is 5.10 Å². The molecule has 0 fully saturated rings. The van der Waals surface area contributed by atoms with Crippen LogP contribution < -0.4 is 0 Å². The second kappa shape index (κ2) is 4.91. The van der Waals surface area contributed by atoms with Gasteiger partial charge >= 0.3 is 0 Å². The molecule has 0 spiro atoms. The maximum atomic E-state index is 8.55. The highest BCUT2D eigenvalue weighted by molar-refractivity contribution is 5.96. The quantitative estimate of drug-likeness (QED) is 0.484. The molecule has 0 aliphatic heterocycles. The van der Waals surface area contributed by atoms with Crippen LogP contribution in [0, 0.1) is 0 Å². The van der Waals surface area contributed by atoms with E-state index in [1.165, 1.54) is 0 Å². The Morgan fingerprint density at radius 2 is 2.09 bits per heavy atom. The Kier molecular flexibility index (Phi) is 4.54. The van der Waals surface area contributed by atoms with Crippen molar-refractivity contribution >= 4 is 5.71 Å². The summed E-state index contributed by atoms with van der Waals surface area (Å²) in [5, 5.41) is 14.4. The number of rotatable bonds is 4. The summed E-state index contributed by atoms with van der Waals surface area (Å²) in [6, 6.07) is 0. The molecule has 0 unspecified atom stereocenters. The van der Waals surface area contributed by atoms with Gasteiger partial charge in [-0.15, -0.1) is 0 Å². The molecule has 0 amide bonds. The number of hydrogen-bond donors (Lipinski definition) is 1. The fourth-order valence-electron chi connectivity index (χ4n) is 0.536. The maximum Gasteiger partial charge on any atom is 0.0623 e. The Morgan fingerprint density at radius 1 is 1.55 bits per heavy atom. The molecule has 0 heterocycles. The molecule has 0 saturated heterocycles. The number of hydrogen-bond acceptors (Lipinski definition) is 3. The average molecular weight is 156 g/mol. The third-order valence-electron chi connectivity index (χ3n) is 1.36. The lowest BCUT2D eigenvalue weighted by atomic mass is 10.2. The Hall–Kier alpha value is -0.830. The lowest BCUT2D eigenvalue weighted by Gasteiger charge is -2.12. The monoisotopic (exact) mass is 156 g/mol. The van der Waals surface area contributed by atoms with E-state index in [4.69, 9.17) is 5.11 Å². The number of likely N-dealkylation sites (N-methyl/N-ethyl adjacent to an activating group) is 1. The van der Waals surface area contributed by atoms with Gasteiger partial charge in [-0.2, -0.15) is 5.10 Å². The molecule has 0 aromatic carbocycles. The van der Waals surface area contributed by atoms with Crippen molar-refractivity contribution in [3.05, 3.63) is 12.2 Å². The van der Waals surface area contributed by atoms with Crippen LogP contribution >= 0.6 is 0 Å². The smallest absolute Gasteiger partial charge is 0.0623 e. The zero-order valence-electron chi connectivity index (χ0n) is 7.46. The fraction of sp³-hybridized carbons (Fsp3) is 0.625. The van der Waals surface area contributed by atoms with Gasteiger partial charge in [-0.25, -0.2) is 0 Å². The Bertz CT molecular complexity index is 163. The van der Waals surface area contributed by atoms with Crippen LogP contribution in [0.5, 0.6) is 0 Å². The lowest BCUT2D eigenvalue weighted by Crippen LogP contribution is -2.17. The van der Waals surface area contributed by atoms with E-state index in [1.54, 1.807) is 5.01 Å². The highest BCUT2D eigenvalue weighted by Crippen LogP contribution is 1.94. The van der Waals surface area contributed by atoms with Gasteiger partial charge in [0.05, 0.1) is 18.9 Å². The van der Waals surface area contributed by atoms with Crippen molar-refractivity contribution in [3.63, 3.8) is 0 Å². The van der Waals surface area contributed by atoms with Gasteiger partial charge in [0.25, 0.3) is 0 Å². The molecule has 3 heteroatoms. The molecule has 0 radical (unpaired) electrons. The standard InChI is InChI=1S/C8H16N2O/c1-7(2)8(3)9-10(4)5-6-11/h11H,1,5-6H2,2-4H3/b9-8-. The zero-order valence-corrected chi connectivity index (χ0v) is 7.46. The van der Waals surface area contributed by atoms with Crippen LogP contribution in [0.15, 0.2) is 17.3 Å². The summed E-state index contributed by atoms with van der Waals surface area (Å²) in [7, 11) is 1.82. The van der Waals surface area contributed by atoms with Gasteiger partial charge in [-0.3, -0.25) is 5.01 Å². The van der Waals surface area contributed by atoms with E-state index in [9.17, 15) is 0 Å². The van der Waals surface area contributed by atoms with Crippen molar-refractivity contribution in [3.8, 4) is 0 Å². The first-order valence-electron chi connectivity index (χ1n) is 3.61. The van der Waals surface area contributed by atoms with E-state index in [0.29, 0.717) is 6.54 Å². The molecule has 0 saturated carbocycles. The summed E-state index contributed by atoms with van der Waals surface area (Å²) >= 11 is 0. The third kappa shape index (κ3) is 4.56. The molecule has 0 aliphatic carbocycles. The second-order valence-corrected chi connectivity index (χ2v) is 2.57. The number of aliphatic hydroxyl groups is 1. The summed E-state index contributed by atoms with van der Waals surface area (Å²) in [4.78, 5) is 0. The molecule has 0 atom stereocenters. The molecule has 0 aliphatic rings. The minimum Gasteiger partial charge on any atom is -0.394 e. The first-order chi connectivity index (χ1) is 5.07. The van der Waals surface area contributed by atoms with E-state index in [2.05, 4.69) is 11.7 Å². The molecule has 0 bridgehead atoms. The van der Waals surface area contributed by atoms with Gasteiger partial charge in [-0.05, 0) is 19.4 Å². The SMILES string of the molecule is C=C(C)/C(C)=N\N(C)CCO. The first-order valence-corrected chi connectivity index (χ1v) is 3.61. The van der Waals surface area contributed by atoms with Crippen molar-refractivity contribution in [2.45, 2.75) is 13.8 Å². The molecule has 0 rings (SSSR count). The average Bonchev–Trinajstić information content (AvgIpc) is 1.87. The molecule has 0 aromatic rings. The van der Waals surface area contributed by atoms with Crippen molar-refractivity contribution in [1.82, 2.24) is 5.01 Å². The van der Waals surface area contributed by atoms with E-state index < -0.39 is 0 Å². The van der Waals surface area contributed by atoms with Gasteiger partial charge in [0.2, 0.25) is 0 Å². The Balaban J connectivity index is 3.96. The molecular weight excluding hydrogens is 140 g/mol. The van der Waals surface area contributed by atoms with Crippen LogP contribution in [-0.4, -0.2) is 36.0 Å². The number of aliphatic hydroxyl groups excluding tert-OH is 1. The maximum absolute atomic E-state index is 8.55. The van der Waals surface area contributed by atoms with E-state index in [-0.39, 0.29) is 6.61 Å². The van der Waals surface area contributed by atoms with E-state index in [1.807, 2.05) is 20.9 Å². The summed E-state index contributed by atoms with van der Waals surface area (Å²) in [5.74, 6) is 0. The minimum absolute atomic E-state index is 0.128. The van der Waals surface area contributed by atoms with Crippen LogP contribution in [0.4, 0.5) is 0 Å². The van der Waals surface area contributed by atoms with Gasteiger partial charge < -0.3 is 5.11 Å². The largest absolute Gasteiger partial charge is 0.394 e. The van der Waals surface area contributed by atoms with Gasteiger partial charge in [0.15, 0.2) is 0 Å². The molecule has 0 aromatic heterocycles. The van der Waals surface area contributed by atoms with Gasteiger partial charge in [0.1, 0.15) is 0 Å². The van der Waals surface area contributed by atoms with Crippen molar-refractivity contribution in [1.29, 1.82) is 0 Å².